The summed E-state index contributed by atoms with van der Waals surface area (Å²) >= 11 is 0.772. The van der Waals surface area contributed by atoms with Gasteiger partial charge in [-0.3, -0.25) is 0 Å². The summed E-state index contributed by atoms with van der Waals surface area (Å²) in [5.74, 6) is 0.583. The summed E-state index contributed by atoms with van der Waals surface area (Å²) in [6.07, 6.45) is 9.72. The van der Waals surface area contributed by atoms with Gasteiger partial charge in [0.2, 0.25) is 0 Å². The van der Waals surface area contributed by atoms with Crippen LogP contribution in [0, 0.1) is 0 Å². The molecule has 0 unspecified atom stereocenters. The van der Waals surface area contributed by atoms with Crippen molar-refractivity contribution in [3.8, 4) is 0 Å². The molecule has 0 aliphatic carbocycles. The van der Waals surface area contributed by atoms with Gasteiger partial charge in [0.1, 0.15) is 0 Å². The summed E-state index contributed by atoms with van der Waals surface area (Å²) in [7, 11) is 0. The van der Waals surface area contributed by atoms with Gasteiger partial charge in [-0.15, -0.1) is 0 Å². The van der Waals surface area contributed by atoms with Crippen LogP contribution in [0.3, 0.4) is 0 Å². The van der Waals surface area contributed by atoms with Crippen LogP contribution in [0.2, 0.25) is 0 Å². The summed E-state index contributed by atoms with van der Waals surface area (Å²) in [4.78, 5) is 17.2. The van der Waals surface area contributed by atoms with E-state index in [4.69, 9.17) is 9.79 Å². The van der Waals surface area contributed by atoms with Crippen LogP contribution in [0.15, 0.2) is 0 Å². The number of rotatable bonds is 10. The summed E-state index contributed by atoms with van der Waals surface area (Å²) in [6, 6.07) is 0. The highest BCUT2D eigenvalue weighted by Gasteiger charge is 2.11. The summed E-state index contributed by atoms with van der Waals surface area (Å²) in [5, 5.41) is 0. The van der Waals surface area contributed by atoms with Gasteiger partial charge in [-0.25, -0.2) is 4.57 Å². The van der Waals surface area contributed by atoms with Crippen molar-refractivity contribution < 1.29 is 14.4 Å². The Morgan fingerprint density at radius 1 is 0.933 bits per heavy atom. The predicted octanol–water partition coefficient (Wildman–Crippen LogP) is 3.95. The molecular formula is C10H23O3PS. The zero-order chi connectivity index (χ0) is 11.6. The van der Waals surface area contributed by atoms with Gasteiger partial charge in [0.15, 0.2) is 0 Å². The minimum Gasteiger partial charge on any atom is -0.317 e. The SMILES string of the molecule is CCCCCCCCCCSP(=O)(O)O. The Morgan fingerprint density at radius 2 is 1.40 bits per heavy atom. The van der Waals surface area contributed by atoms with Crippen LogP contribution in [-0.4, -0.2) is 15.5 Å². The second kappa shape index (κ2) is 9.71. The molecule has 0 saturated heterocycles. The van der Waals surface area contributed by atoms with Crippen molar-refractivity contribution in [2.45, 2.75) is 58.3 Å². The minimum absolute atomic E-state index is 0.583. The predicted molar refractivity (Wildman–Crippen MR) is 67.1 cm³/mol. The molecule has 0 radical (unpaired) electrons. The molecule has 0 fully saturated rings. The average Bonchev–Trinajstić information content (AvgIpc) is 2.14. The van der Waals surface area contributed by atoms with Gasteiger partial charge in [-0.2, -0.15) is 0 Å². The molecule has 0 amide bonds. The molecule has 0 aliphatic heterocycles. The third-order valence-electron chi connectivity index (χ3n) is 2.26. The summed E-state index contributed by atoms with van der Waals surface area (Å²) in [6.45, 7) is -1.61. The van der Waals surface area contributed by atoms with E-state index in [2.05, 4.69) is 6.92 Å². The molecule has 0 bridgehead atoms. The van der Waals surface area contributed by atoms with Gasteiger partial charge in [0, 0.05) is 5.75 Å². The van der Waals surface area contributed by atoms with Crippen LogP contribution >= 0.6 is 18.2 Å². The first-order valence-corrected chi connectivity index (χ1v) is 8.96. The Bertz CT molecular complexity index is 182. The van der Waals surface area contributed by atoms with E-state index in [9.17, 15) is 4.57 Å². The van der Waals surface area contributed by atoms with Crippen LogP contribution in [0.25, 0.3) is 0 Å². The quantitative estimate of drug-likeness (QED) is 0.458. The molecule has 5 heteroatoms. The van der Waals surface area contributed by atoms with Crippen molar-refractivity contribution in [1.82, 2.24) is 0 Å². The molecule has 0 atom stereocenters. The van der Waals surface area contributed by atoms with Gasteiger partial charge >= 0.3 is 6.80 Å². The molecule has 3 nitrogen and oxygen atoms in total. The highest BCUT2D eigenvalue weighted by Crippen LogP contribution is 2.50. The normalized spacial score (nSPS) is 11.9. The first kappa shape index (κ1) is 15.5. The Kier molecular flexibility index (Phi) is 10.0. The lowest BCUT2D eigenvalue weighted by atomic mass is 10.1. The lowest BCUT2D eigenvalue weighted by Gasteiger charge is -2.03. The van der Waals surface area contributed by atoms with Gasteiger partial charge in [-0.05, 0) is 17.8 Å². The maximum absolute atomic E-state index is 10.5. The third-order valence-corrected chi connectivity index (χ3v) is 4.62. The average molecular weight is 254 g/mol. The molecule has 0 rings (SSSR count). The lowest BCUT2D eigenvalue weighted by Crippen LogP contribution is -1.83. The minimum atomic E-state index is -3.82. The Morgan fingerprint density at radius 3 is 1.87 bits per heavy atom. The zero-order valence-electron chi connectivity index (χ0n) is 9.52. The summed E-state index contributed by atoms with van der Waals surface area (Å²) < 4.78 is 10.5. The molecule has 0 heterocycles. The monoisotopic (exact) mass is 254 g/mol. The van der Waals surface area contributed by atoms with Crippen LogP contribution < -0.4 is 0 Å². The van der Waals surface area contributed by atoms with Gasteiger partial charge < -0.3 is 9.79 Å². The molecule has 2 N–H and O–H groups in total. The van der Waals surface area contributed by atoms with Crippen LogP contribution in [0.4, 0.5) is 0 Å². The van der Waals surface area contributed by atoms with Crippen molar-refractivity contribution >= 4 is 18.2 Å². The lowest BCUT2D eigenvalue weighted by molar-refractivity contribution is 0.397. The van der Waals surface area contributed by atoms with Gasteiger partial charge in [0.25, 0.3) is 0 Å². The van der Waals surface area contributed by atoms with Crippen molar-refractivity contribution in [2.24, 2.45) is 0 Å². The van der Waals surface area contributed by atoms with Crippen LogP contribution in [-0.2, 0) is 4.57 Å². The number of hydrogen-bond acceptors (Lipinski definition) is 2. The largest absolute Gasteiger partial charge is 0.383 e. The van der Waals surface area contributed by atoms with E-state index in [1.54, 1.807) is 0 Å². The van der Waals surface area contributed by atoms with E-state index in [0.717, 1.165) is 24.2 Å². The van der Waals surface area contributed by atoms with E-state index in [1.807, 2.05) is 0 Å². The highest BCUT2D eigenvalue weighted by molar-refractivity contribution is 8.54. The standard InChI is InChI=1S/C10H23O3PS/c1-2-3-4-5-6-7-8-9-10-15-14(11,12)13/h2-10H2,1H3,(H2,11,12,13). The molecule has 92 valence electrons. The third kappa shape index (κ3) is 14.5. The van der Waals surface area contributed by atoms with Crippen molar-refractivity contribution in [3.63, 3.8) is 0 Å². The second-order valence-electron chi connectivity index (χ2n) is 3.80. The Hall–Kier alpha value is 0.500. The zero-order valence-corrected chi connectivity index (χ0v) is 11.2. The fourth-order valence-corrected chi connectivity index (χ4v) is 3.09. The smallest absolute Gasteiger partial charge is 0.317 e. The molecular weight excluding hydrogens is 231 g/mol. The van der Waals surface area contributed by atoms with Gasteiger partial charge in [0.05, 0.1) is 0 Å². The molecule has 0 aromatic rings. The molecule has 15 heavy (non-hydrogen) atoms. The maximum Gasteiger partial charge on any atom is 0.383 e. The van der Waals surface area contributed by atoms with Crippen molar-refractivity contribution in [2.75, 3.05) is 5.75 Å². The topological polar surface area (TPSA) is 57.5 Å². The molecule has 0 aromatic carbocycles. The van der Waals surface area contributed by atoms with E-state index in [1.165, 1.54) is 38.5 Å². The second-order valence-corrected chi connectivity index (χ2v) is 7.65. The van der Waals surface area contributed by atoms with Crippen LogP contribution in [0.1, 0.15) is 58.3 Å². The fourth-order valence-electron chi connectivity index (χ4n) is 1.42. The van der Waals surface area contributed by atoms with Gasteiger partial charge in [-0.1, -0.05) is 51.9 Å². The summed E-state index contributed by atoms with van der Waals surface area (Å²) in [5.41, 5.74) is 0. The Balaban J connectivity index is 3.02. The number of hydrogen-bond donors (Lipinski definition) is 2. The Labute approximate surface area is 96.9 Å². The maximum atomic E-state index is 10.5. The molecule has 0 saturated carbocycles. The molecule has 0 spiro atoms. The van der Waals surface area contributed by atoms with E-state index >= 15 is 0 Å². The molecule has 0 aliphatic rings. The van der Waals surface area contributed by atoms with E-state index < -0.39 is 6.80 Å². The van der Waals surface area contributed by atoms with Crippen molar-refractivity contribution in [1.29, 1.82) is 0 Å². The highest BCUT2D eigenvalue weighted by atomic mass is 32.7. The van der Waals surface area contributed by atoms with E-state index in [-0.39, 0.29) is 0 Å². The van der Waals surface area contributed by atoms with Crippen molar-refractivity contribution in [3.05, 3.63) is 0 Å². The molecule has 0 aromatic heterocycles. The van der Waals surface area contributed by atoms with E-state index in [0.29, 0.717) is 5.75 Å². The first-order valence-electron chi connectivity index (χ1n) is 5.76. The number of unbranched alkanes of at least 4 members (excludes halogenated alkanes) is 7. The first-order chi connectivity index (χ1) is 7.06. The van der Waals surface area contributed by atoms with Crippen LogP contribution in [0.5, 0.6) is 0 Å². The fraction of sp³-hybridized carbons (Fsp3) is 1.00.